The fourth-order valence-corrected chi connectivity index (χ4v) is 3.43. The summed E-state index contributed by atoms with van der Waals surface area (Å²) >= 11 is 0. The summed E-state index contributed by atoms with van der Waals surface area (Å²) in [5.41, 5.74) is 0. The van der Waals surface area contributed by atoms with Gasteiger partial charge in [0.2, 0.25) is 5.91 Å². The highest BCUT2D eigenvalue weighted by atomic mass is 16.5. The number of nitrogens with zero attached hydrogens (tertiary/aromatic N) is 2. The summed E-state index contributed by atoms with van der Waals surface area (Å²) in [7, 11) is 1.36. The van der Waals surface area contributed by atoms with E-state index in [1.807, 2.05) is 0 Å². The Balaban J connectivity index is 1.49. The van der Waals surface area contributed by atoms with Crippen molar-refractivity contribution in [2.24, 2.45) is 5.92 Å². The number of rotatable bonds is 6. The van der Waals surface area contributed by atoms with Gasteiger partial charge in [-0.3, -0.25) is 19.3 Å². The summed E-state index contributed by atoms with van der Waals surface area (Å²) in [6.45, 7) is 1.11. The number of carbonyl (C=O) groups is 4. The Bertz CT molecular complexity index is 709. The molecule has 0 saturated carbocycles. The first-order chi connectivity index (χ1) is 13.0. The van der Waals surface area contributed by atoms with Crippen molar-refractivity contribution < 1.29 is 28.3 Å². The average molecular weight is 377 g/mol. The SMILES string of the molecule is COC(=O)CC1CCN(C(=O)C[C@@H]2NC(=O)N(Cc3ccco3)C2=O)CC1. The first-order valence-electron chi connectivity index (χ1n) is 8.96. The Hall–Kier alpha value is -2.84. The molecule has 0 aliphatic carbocycles. The Kier molecular flexibility index (Phi) is 5.78. The van der Waals surface area contributed by atoms with Crippen molar-refractivity contribution in [3.8, 4) is 0 Å². The topological polar surface area (TPSA) is 109 Å². The van der Waals surface area contributed by atoms with Crippen molar-refractivity contribution in [1.29, 1.82) is 0 Å². The number of likely N-dealkylation sites (tertiary alicyclic amines) is 1. The molecule has 0 spiro atoms. The Morgan fingerprint density at radius 1 is 1.26 bits per heavy atom. The van der Waals surface area contributed by atoms with Crippen molar-refractivity contribution in [2.75, 3.05) is 20.2 Å². The molecule has 2 aliphatic rings. The van der Waals surface area contributed by atoms with E-state index in [2.05, 4.69) is 10.1 Å². The molecule has 3 heterocycles. The smallest absolute Gasteiger partial charge is 0.325 e. The largest absolute Gasteiger partial charge is 0.469 e. The van der Waals surface area contributed by atoms with Crippen molar-refractivity contribution in [3.05, 3.63) is 24.2 Å². The number of hydrogen-bond donors (Lipinski definition) is 1. The summed E-state index contributed by atoms with van der Waals surface area (Å²) in [5, 5.41) is 2.57. The predicted octanol–water partition coefficient (Wildman–Crippen LogP) is 0.892. The monoisotopic (exact) mass is 377 g/mol. The number of amides is 4. The molecule has 0 unspecified atom stereocenters. The summed E-state index contributed by atoms with van der Waals surface area (Å²) in [5.74, 6) is -0.137. The van der Waals surface area contributed by atoms with Gasteiger partial charge < -0.3 is 19.4 Å². The van der Waals surface area contributed by atoms with Crippen molar-refractivity contribution >= 4 is 23.8 Å². The van der Waals surface area contributed by atoms with E-state index in [0.29, 0.717) is 25.3 Å². The molecule has 1 atom stereocenters. The first kappa shape index (κ1) is 18.9. The van der Waals surface area contributed by atoms with E-state index in [1.165, 1.54) is 13.4 Å². The molecule has 2 saturated heterocycles. The molecule has 2 fully saturated rings. The second-order valence-electron chi connectivity index (χ2n) is 6.81. The maximum absolute atomic E-state index is 12.5. The second-order valence-corrected chi connectivity index (χ2v) is 6.81. The van der Waals surface area contributed by atoms with Crippen LogP contribution >= 0.6 is 0 Å². The normalized spacial score (nSPS) is 20.7. The zero-order valence-electron chi connectivity index (χ0n) is 15.2. The molecule has 0 bridgehead atoms. The van der Waals surface area contributed by atoms with E-state index in [1.54, 1.807) is 17.0 Å². The summed E-state index contributed by atoms with van der Waals surface area (Å²) in [4.78, 5) is 51.1. The zero-order valence-corrected chi connectivity index (χ0v) is 15.2. The van der Waals surface area contributed by atoms with E-state index < -0.39 is 18.0 Å². The number of hydrogen-bond acceptors (Lipinski definition) is 6. The lowest BCUT2D eigenvalue weighted by Crippen LogP contribution is -2.43. The lowest BCUT2D eigenvalue weighted by atomic mass is 9.93. The lowest BCUT2D eigenvalue weighted by molar-refractivity contribution is -0.142. The van der Waals surface area contributed by atoms with Crippen LogP contribution in [0.2, 0.25) is 0 Å². The molecule has 0 radical (unpaired) electrons. The number of urea groups is 1. The summed E-state index contributed by atoms with van der Waals surface area (Å²) < 4.78 is 9.84. The van der Waals surface area contributed by atoms with Crippen LogP contribution < -0.4 is 5.32 Å². The number of methoxy groups -OCH3 is 1. The van der Waals surface area contributed by atoms with Crippen molar-refractivity contribution in [1.82, 2.24) is 15.1 Å². The number of piperidine rings is 1. The van der Waals surface area contributed by atoms with E-state index in [4.69, 9.17) is 4.42 Å². The molecule has 9 nitrogen and oxygen atoms in total. The number of imide groups is 1. The standard InChI is InChI=1S/C18H23N3O6/c1-26-16(23)9-12-4-6-20(7-5-12)15(22)10-14-17(24)21(18(25)19-14)11-13-3-2-8-27-13/h2-3,8,12,14H,4-7,9-11H2,1H3,(H,19,25)/t14-/m0/s1. The minimum absolute atomic E-state index is 0.0429. The highest BCUT2D eigenvalue weighted by Crippen LogP contribution is 2.22. The third kappa shape index (κ3) is 4.47. The van der Waals surface area contributed by atoms with Gasteiger partial charge in [-0.05, 0) is 30.9 Å². The predicted molar refractivity (Wildman–Crippen MR) is 92.1 cm³/mol. The van der Waals surface area contributed by atoms with E-state index in [9.17, 15) is 19.2 Å². The van der Waals surface area contributed by atoms with Crippen LogP contribution in [0.3, 0.4) is 0 Å². The number of esters is 1. The van der Waals surface area contributed by atoms with Crippen LogP contribution in [0.4, 0.5) is 4.79 Å². The average Bonchev–Trinajstić information content (AvgIpc) is 3.26. The van der Waals surface area contributed by atoms with Crippen LogP contribution in [0.15, 0.2) is 22.8 Å². The van der Waals surface area contributed by atoms with E-state index in [0.717, 1.165) is 17.7 Å². The number of ether oxygens (including phenoxy) is 1. The highest BCUT2D eigenvalue weighted by Gasteiger charge is 2.40. The van der Waals surface area contributed by atoms with Gasteiger partial charge in [0.1, 0.15) is 11.8 Å². The lowest BCUT2D eigenvalue weighted by Gasteiger charge is -2.32. The Morgan fingerprint density at radius 2 is 2.00 bits per heavy atom. The van der Waals surface area contributed by atoms with Crippen LogP contribution in [0.5, 0.6) is 0 Å². The third-order valence-corrected chi connectivity index (χ3v) is 5.03. The van der Waals surface area contributed by atoms with Crippen LogP contribution in [-0.2, 0) is 25.7 Å². The van der Waals surface area contributed by atoms with Gasteiger partial charge in [0.05, 0.1) is 26.3 Å². The number of carbonyl (C=O) groups excluding carboxylic acids is 4. The van der Waals surface area contributed by atoms with Crippen molar-refractivity contribution in [3.63, 3.8) is 0 Å². The molecule has 3 rings (SSSR count). The van der Waals surface area contributed by atoms with Crippen LogP contribution in [-0.4, -0.2) is 59.9 Å². The maximum Gasteiger partial charge on any atom is 0.325 e. The van der Waals surface area contributed by atoms with Gasteiger partial charge in [0.15, 0.2) is 0 Å². The van der Waals surface area contributed by atoms with Crippen LogP contribution in [0.1, 0.15) is 31.4 Å². The molecule has 1 N–H and O–H groups in total. The third-order valence-electron chi connectivity index (χ3n) is 5.03. The molecule has 1 aromatic rings. The maximum atomic E-state index is 12.5. The molecule has 0 aromatic carbocycles. The zero-order chi connectivity index (χ0) is 19.4. The van der Waals surface area contributed by atoms with Gasteiger partial charge in [-0.15, -0.1) is 0 Å². The first-order valence-corrected chi connectivity index (χ1v) is 8.96. The quantitative estimate of drug-likeness (QED) is 0.583. The minimum Gasteiger partial charge on any atom is -0.469 e. The van der Waals surface area contributed by atoms with Gasteiger partial charge in [0.25, 0.3) is 5.91 Å². The molecule has 4 amide bonds. The van der Waals surface area contributed by atoms with Crippen LogP contribution in [0, 0.1) is 5.92 Å². The molecule has 9 heteroatoms. The Labute approximate surface area is 156 Å². The van der Waals surface area contributed by atoms with Gasteiger partial charge in [-0.1, -0.05) is 0 Å². The van der Waals surface area contributed by atoms with Gasteiger partial charge in [-0.2, -0.15) is 0 Å². The number of furan rings is 1. The van der Waals surface area contributed by atoms with Gasteiger partial charge in [0, 0.05) is 19.5 Å². The van der Waals surface area contributed by atoms with E-state index in [-0.39, 0.29) is 30.8 Å². The molecule has 27 heavy (non-hydrogen) atoms. The fraction of sp³-hybridized carbons (Fsp3) is 0.556. The van der Waals surface area contributed by atoms with Gasteiger partial charge >= 0.3 is 12.0 Å². The van der Waals surface area contributed by atoms with Gasteiger partial charge in [-0.25, -0.2) is 4.79 Å². The molecule has 1 aromatic heterocycles. The van der Waals surface area contributed by atoms with Crippen LogP contribution in [0.25, 0.3) is 0 Å². The molecular weight excluding hydrogens is 354 g/mol. The minimum atomic E-state index is -0.854. The highest BCUT2D eigenvalue weighted by molar-refractivity contribution is 6.05. The summed E-state index contributed by atoms with van der Waals surface area (Å²) in [6.07, 6.45) is 3.20. The summed E-state index contributed by atoms with van der Waals surface area (Å²) in [6, 6.07) is 1.98. The fourth-order valence-electron chi connectivity index (χ4n) is 3.43. The Morgan fingerprint density at radius 3 is 2.63 bits per heavy atom. The van der Waals surface area contributed by atoms with E-state index >= 15 is 0 Å². The molecule has 2 aliphatic heterocycles. The molecule has 146 valence electrons. The van der Waals surface area contributed by atoms with Crippen molar-refractivity contribution in [2.45, 2.75) is 38.3 Å². The number of nitrogens with one attached hydrogen (secondary N) is 1. The second kappa shape index (κ2) is 8.24. The molecular formula is C18H23N3O6.